The Balaban J connectivity index is 2.64. The average Bonchev–Trinajstić information content (AvgIpc) is 2.27. The van der Waals surface area contributed by atoms with Gasteiger partial charge < -0.3 is 5.32 Å². The van der Waals surface area contributed by atoms with E-state index in [0.29, 0.717) is 11.8 Å². The third-order valence-electron chi connectivity index (χ3n) is 2.21. The molecular formula is C12H18FNS. The Morgan fingerprint density at radius 3 is 2.93 bits per heavy atom. The lowest BCUT2D eigenvalue weighted by Gasteiger charge is -2.13. The summed E-state index contributed by atoms with van der Waals surface area (Å²) in [7, 11) is 0. The lowest BCUT2D eigenvalue weighted by molar-refractivity contribution is 0.533. The maximum Gasteiger partial charge on any atom is 0.0988 e. The number of halogens is 1. The Kier molecular flexibility index (Phi) is 5.73. The van der Waals surface area contributed by atoms with Crippen molar-refractivity contribution in [2.24, 2.45) is 0 Å². The van der Waals surface area contributed by atoms with Crippen molar-refractivity contribution in [3.05, 3.63) is 29.8 Å². The van der Waals surface area contributed by atoms with Crippen molar-refractivity contribution < 1.29 is 4.39 Å². The number of rotatable bonds is 6. The van der Waals surface area contributed by atoms with E-state index in [2.05, 4.69) is 31.3 Å². The summed E-state index contributed by atoms with van der Waals surface area (Å²) in [6.07, 6.45) is 0. The number of hydrogen-bond acceptors (Lipinski definition) is 2. The Morgan fingerprint density at radius 2 is 2.27 bits per heavy atom. The highest BCUT2D eigenvalue weighted by Crippen LogP contribution is 2.22. The molecule has 0 aliphatic carbocycles. The molecular weight excluding hydrogens is 209 g/mol. The molecule has 0 amide bonds. The first-order chi connectivity index (χ1) is 7.27. The third kappa shape index (κ3) is 4.22. The minimum Gasteiger partial charge on any atom is -0.310 e. The Bertz CT molecular complexity index is 291. The van der Waals surface area contributed by atoms with Gasteiger partial charge in [0, 0.05) is 16.7 Å². The lowest BCUT2D eigenvalue weighted by Crippen LogP contribution is -2.17. The van der Waals surface area contributed by atoms with Crippen LogP contribution in [-0.4, -0.2) is 19.0 Å². The zero-order valence-electron chi connectivity index (χ0n) is 9.29. The van der Waals surface area contributed by atoms with Gasteiger partial charge in [-0.05, 0) is 31.2 Å². The summed E-state index contributed by atoms with van der Waals surface area (Å²) in [4.78, 5) is 1.15. The van der Waals surface area contributed by atoms with Gasteiger partial charge in [-0.2, -0.15) is 0 Å². The molecule has 1 rings (SSSR count). The standard InChI is InChI=1S/C12H18FNS/c1-3-14-10(2)11-5-4-6-12(9-11)15-8-7-13/h4-6,9-10,14H,3,7-8H2,1-2H3. The minimum absolute atomic E-state index is 0.266. The number of nitrogens with one attached hydrogen (secondary N) is 1. The van der Waals surface area contributed by atoms with Gasteiger partial charge in [-0.3, -0.25) is 4.39 Å². The van der Waals surface area contributed by atoms with Crippen molar-refractivity contribution in [1.29, 1.82) is 0 Å². The first kappa shape index (κ1) is 12.5. The molecule has 1 N–H and O–H groups in total. The van der Waals surface area contributed by atoms with Gasteiger partial charge in [-0.15, -0.1) is 11.8 Å². The predicted molar refractivity (Wildman–Crippen MR) is 65.2 cm³/mol. The van der Waals surface area contributed by atoms with Crippen molar-refractivity contribution in [2.45, 2.75) is 24.8 Å². The van der Waals surface area contributed by atoms with Gasteiger partial charge >= 0.3 is 0 Å². The van der Waals surface area contributed by atoms with Crippen molar-refractivity contribution in [1.82, 2.24) is 5.32 Å². The van der Waals surface area contributed by atoms with Gasteiger partial charge in [0.05, 0.1) is 6.67 Å². The summed E-state index contributed by atoms with van der Waals surface area (Å²) in [5.41, 5.74) is 1.26. The average molecular weight is 227 g/mol. The van der Waals surface area contributed by atoms with Crippen LogP contribution in [0.2, 0.25) is 0 Å². The molecule has 1 aromatic carbocycles. The molecule has 0 spiro atoms. The van der Waals surface area contributed by atoms with E-state index in [9.17, 15) is 4.39 Å². The molecule has 0 bridgehead atoms. The molecule has 0 heterocycles. The van der Waals surface area contributed by atoms with Gasteiger partial charge in [0.2, 0.25) is 0 Å². The van der Waals surface area contributed by atoms with Crippen LogP contribution < -0.4 is 5.32 Å². The van der Waals surface area contributed by atoms with Crippen LogP contribution in [-0.2, 0) is 0 Å². The molecule has 0 fully saturated rings. The second-order valence-electron chi connectivity index (χ2n) is 3.39. The molecule has 1 unspecified atom stereocenters. The van der Waals surface area contributed by atoms with E-state index < -0.39 is 0 Å². The summed E-state index contributed by atoms with van der Waals surface area (Å²) in [6.45, 7) is 4.93. The fourth-order valence-electron chi connectivity index (χ4n) is 1.45. The molecule has 0 aromatic heterocycles. The lowest BCUT2D eigenvalue weighted by atomic mass is 10.1. The quantitative estimate of drug-likeness (QED) is 0.747. The fourth-order valence-corrected chi connectivity index (χ4v) is 2.16. The van der Waals surface area contributed by atoms with E-state index in [1.54, 1.807) is 11.8 Å². The molecule has 0 aliphatic heterocycles. The minimum atomic E-state index is -0.266. The highest BCUT2D eigenvalue weighted by Gasteiger charge is 2.04. The summed E-state index contributed by atoms with van der Waals surface area (Å²) in [6, 6.07) is 8.66. The van der Waals surface area contributed by atoms with Gasteiger partial charge in [0.1, 0.15) is 0 Å². The topological polar surface area (TPSA) is 12.0 Å². The van der Waals surface area contributed by atoms with Crippen LogP contribution >= 0.6 is 11.8 Å². The van der Waals surface area contributed by atoms with Crippen LogP contribution in [0.1, 0.15) is 25.5 Å². The van der Waals surface area contributed by atoms with Crippen molar-refractivity contribution in [3.8, 4) is 0 Å². The zero-order chi connectivity index (χ0) is 11.1. The highest BCUT2D eigenvalue weighted by atomic mass is 32.2. The Morgan fingerprint density at radius 1 is 1.47 bits per heavy atom. The number of thioether (sulfide) groups is 1. The Labute approximate surface area is 95.5 Å². The number of hydrogen-bond donors (Lipinski definition) is 1. The second-order valence-corrected chi connectivity index (χ2v) is 4.56. The monoisotopic (exact) mass is 227 g/mol. The van der Waals surface area contributed by atoms with E-state index in [4.69, 9.17) is 0 Å². The van der Waals surface area contributed by atoms with E-state index in [1.807, 2.05) is 12.1 Å². The zero-order valence-corrected chi connectivity index (χ0v) is 10.1. The molecule has 1 atom stereocenters. The summed E-state index contributed by atoms with van der Waals surface area (Å²) < 4.78 is 12.0. The van der Waals surface area contributed by atoms with Crippen LogP contribution in [0.4, 0.5) is 4.39 Å². The predicted octanol–water partition coefficient (Wildman–Crippen LogP) is 3.42. The van der Waals surface area contributed by atoms with Crippen molar-refractivity contribution in [3.63, 3.8) is 0 Å². The second kappa shape index (κ2) is 6.85. The van der Waals surface area contributed by atoms with Crippen LogP contribution in [0, 0.1) is 0 Å². The van der Waals surface area contributed by atoms with Crippen LogP contribution in [0.25, 0.3) is 0 Å². The normalized spacial score (nSPS) is 12.7. The first-order valence-corrected chi connectivity index (χ1v) is 6.28. The van der Waals surface area contributed by atoms with E-state index in [-0.39, 0.29) is 6.67 Å². The maximum atomic E-state index is 12.0. The van der Waals surface area contributed by atoms with Gasteiger partial charge in [-0.25, -0.2) is 0 Å². The van der Waals surface area contributed by atoms with Crippen molar-refractivity contribution in [2.75, 3.05) is 19.0 Å². The summed E-state index contributed by atoms with van der Waals surface area (Å²) in [5.74, 6) is 0.541. The molecule has 15 heavy (non-hydrogen) atoms. The molecule has 0 saturated carbocycles. The molecule has 0 radical (unpaired) electrons. The summed E-state index contributed by atoms with van der Waals surface area (Å²) >= 11 is 1.57. The molecule has 84 valence electrons. The smallest absolute Gasteiger partial charge is 0.0988 e. The number of benzene rings is 1. The summed E-state index contributed by atoms with van der Waals surface area (Å²) in [5, 5.41) is 3.36. The third-order valence-corrected chi connectivity index (χ3v) is 3.16. The molecule has 0 aliphatic rings. The molecule has 3 heteroatoms. The molecule has 1 nitrogen and oxygen atoms in total. The van der Waals surface area contributed by atoms with Gasteiger partial charge in [0.15, 0.2) is 0 Å². The Hall–Kier alpha value is -0.540. The fraction of sp³-hybridized carbons (Fsp3) is 0.500. The SMILES string of the molecule is CCNC(C)c1cccc(SCCF)c1. The maximum absolute atomic E-state index is 12.0. The van der Waals surface area contributed by atoms with Gasteiger partial charge in [0.25, 0.3) is 0 Å². The number of alkyl halides is 1. The van der Waals surface area contributed by atoms with E-state index in [1.165, 1.54) is 5.56 Å². The van der Waals surface area contributed by atoms with Crippen LogP contribution in [0.3, 0.4) is 0 Å². The van der Waals surface area contributed by atoms with Gasteiger partial charge in [-0.1, -0.05) is 19.1 Å². The molecule has 0 saturated heterocycles. The molecule has 1 aromatic rings. The largest absolute Gasteiger partial charge is 0.310 e. The van der Waals surface area contributed by atoms with Crippen molar-refractivity contribution >= 4 is 11.8 Å². The van der Waals surface area contributed by atoms with Crippen LogP contribution in [0.5, 0.6) is 0 Å². The van der Waals surface area contributed by atoms with Crippen LogP contribution in [0.15, 0.2) is 29.2 Å². The van der Waals surface area contributed by atoms with E-state index >= 15 is 0 Å². The van der Waals surface area contributed by atoms with E-state index in [0.717, 1.165) is 11.4 Å². The first-order valence-electron chi connectivity index (χ1n) is 5.30. The highest BCUT2D eigenvalue weighted by molar-refractivity contribution is 7.99.